The SMILES string of the molecule is Cc1c(CN2[C]N(C)C=C2)c(C)c(CN2[C]N(C)C=C2)c(C)c1CN1[C]N(C)C=C1. The molecular weight excluding hydrogens is 372 g/mol. The first-order valence-electron chi connectivity index (χ1n) is 10.2. The Morgan fingerprint density at radius 2 is 0.767 bits per heavy atom. The van der Waals surface area contributed by atoms with Gasteiger partial charge in [0.05, 0.1) is 0 Å². The second-order valence-corrected chi connectivity index (χ2v) is 8.22. The van der Waals surface area contributed by atoms with Crippen LogP contribution < -0.4 is 0 Å². The number of benzene rings is 1. The van der Waals surface area contributed by atoms with Crippen LogP contribution in [0.3, 0.4) is 0 Å². The highest BCUT2D eigenvalue weighted by Crippen LogP contribution is 2.32. The average molecular weight is 403 g/mol. The van der Waals surface area contributed by atoms with E-state index in [1.165, 1.54) is 33.4 Å². The Morgan fingerprint density at radius 1 is 0.500 bits per heavy atom. The standard InChI is InChI=1S/C24H30N6/c1-19-22(13-28-10-7-25(4)16-28)20(2)24(15-30-12-9-27(6)18-30)21(3)23(19)14-29-11-8-26(5)17-29/h7-12H,13-15H2,1-6H3. The molecule has 0 saturated heterocycles. The van der Waals surface area contributed by atoms with Gasteiger partial charge in [0.25, 0.3) is 0 Å². The van der Waals surface area contributed by atoms with Gasteiger partial charge in [-0.1, -0.05) is 0 Å². The van der Waals surface area contributed by atoms with Crippen LogP contribution in [0.5, 0.6) is 0 Å². The van der Waals surface area contributed by atoms with Crippen LogP contribution in [0.15, 0.2) is 37.2 Å². The molecule has 4 rings (SSSR count). The normalized spacial score (nSPS) is 18.2. The van der Waals surface area contributed by atoms with Crippen LogP contribution >= 0.6 is 0 Å². The van der Waals surface area contributed by atoms with Crippen molar-refractivity contribution in [1.82, 2.24) is 29.4 Å². The second kappa shape index (κ2) is 8.17. The third kappa shape index (κ3) is 4.09. The van der Waals surface area contributed by atoms with Gasteiger partial charge in [0.1, 0.15) is 0 Å². The molecule has 0 N–H and O–H groups in total. The van der Waals surface area contributed by atoms with Gasteiger partial charge in [-0.2, -0.15) is 0 Å². The summed E-state index contributed by atoms with van der Waals surface area (Å²) in [6.45, 7) is 19.2. The molecule has 1 aromatic rings. The molecule has 6 nitrogen and oxygen atoms in total. The van der Waals surface area contributed by atoms with Crippen LogP contribution in [-0.4, -0.2) is 50.5 Å². The lowest BCUT2D eigenvalue weighted by molar-refractivity contribution is 0.362. The van der Waals surface area contributed by atoms with Crippen molar-refractivity contribution in [3.05, 3.63) is 90.6 Å². The van der Waals surface area contributed by atoms with Crippen LogP contribution in [0, 0.1) is 40.8 Å². The van der Waals surface area contributed by atoms with E-state index >= 15 is 0 Å². The highest BCUT2D eigenvalue weighted by Gasteiger charge is 2.24. The van der Waals surface area contributed by atoms with Crippen molar-refractivity contribution < 1.29 is 0 Å². The van der Waals surface area contributed by atoms with Crippen molar-refractivity contribution in [2.45, 2.75) is 40.4 Å². The first-order chi connectivity index (χ1) is 14.3. The zero-order valence-corrected chi connectivity index (χ0v) is 18.8. The van der Waals surface area contributed by atoms with Crippen molar-refractivity contribution in [1.29, 1.82) is 0 Å². The van der Waals surface area contributed by atoms with Gasteiger partial charge >= 0.3 is 0 Å². The lowest BCUT2D eigenvalue weighted by Gasteiger charge is -2.28. The van der Waals surface area contributed by atoms with Crippen molar-refractivity contribution in [2.75, 3.05) is 21.1 Å². The maximum Gasteiger partial charge on any atom is 0.207 e. The van der Waals surface area contributed by atoms with E-state index in [1.807, 2.05) is 54.4 Å². The third-order valence-electron chi connectivity index (χ3n) is 5.97. The van der Waals surface area contributed by atoms with E-state index in [0.29, 0.717) is 0 Å². The van der Waals surface area contributed by atoms with Crippen LogP contribution in [0.25, 0.3) is 0 Å². The molecule has 0 atom stereocenters. The first kappa shape index (κ1) is 20.5. The molecule has 0 unspecified atom stereocenters. The number of hydrogen-bond acceptors (Lipinski definition) is 6. The Hall–Kier alpha value is -2.76. The van der Waals surface area contributed by atoms with Crippen LogP contribution in [0.1, 0.15) is 33.4 Å². The van der Waals surface area contributed by atoms with Gasteiger partial charge in [0, 0.05) is 78.0 Å². The predicted octanol–water partition coefficient (Wildman–Crippen LogP) is 3.26. The summed E-state index contributed by atoms with van der Waals surface area (Å²) < 4.78 is 0. The first-order valence-corrected chi connectivity index (χ1v) is 10.2. The molecule has 0 bridgehead atoms. The van der Waals surface area contributed by atoms with E-state index in [4.69, 9.17) is 0 Å². The van der Waals surface area contributed by atoms with Crippen LogP contribution in [-0.2, 0) is 19.6 Å². The summed E-state index contributed by atoms with van der Waals surface area (Å²) >= 11 is 0. The van der Waals surface area contributed by atoms with Gasteiger partial charge in [0.15, 0.2) is 0 Å². The Labute approximate surface area is 181 Å². The van der Waals surface area contributed by atoms with E-state index in [1.54, 1.807) is 0 Å². The molecule has 6 heteroatoms. The molecule has 6 radical (unpaired) electrons. The minimum atomic E-state index is 0.811. The number of rotatable bonds is 6. The summed E-state index contributed by atoms with van der Waals surface area (Å²) in [5.74, 6) is 0. The lowest BCUT2D eigenvalue weighted by Crippen LogP contribution is -2.23. The maximum atomic E-state index is 3.34. The number of hydrogen-bond donors (Lipinski definition) is 0. The minimum absolute atomic E-state index is 0.811. The summed E-state index contributed by atoms with van der Waals surface area (Å²) in [7, 11) is 6.02. The summed E-state index contributed by atoms with van der Waals surface area (Å²) in [4.78, 5) is 12.3. The highest BCUT2D eigenvalue weighted by molar-refractivity contribution is 5.51. The molecule has 0 fully saturated rings. The van der Waals surface area contributed by atoms with Gasteiger partial charge < -0.3 is 29.4 Å². The molecule has 3 aliphatic heterocycles. The van der Waals surface area contributed by atoms with Gasteiger partial charge in [-0.3, -0.25) is 0 Å². The Bertz CT molecular complexity index is 751. The molecule has 0 spiro atoms. The molecule has 1 aromatic carbocycles. The van der Waals surface area contributed by atoms with E-state index < -0.39 is 0 Å². The fraction of sp³-hybridized carbons (Fsp3) is 0.375. The molecule has 3 heterocycles. The molecule has 0 saturated carbocycles. The molecule has 156 valence electrons. The maximum absolute atomic E-state index is 3.34. The molecule has 0 amide bonds. The van der Waals surface area contributed by atoms with E-state index in [9.17, 15) is 0 Å². The Balaban J connectivity index is 1.69. The smallest absolute Gasteiger partial charge is 0.207 e. The largest absolute Gasteiger partial charge is 0.349 e. The molecule has 0 aliphatic carbocycles. The summed E-state index contributed by atoms with van der Waals surface area (Å²) in [6, 6.07) is 0. The topological polar surface area (TPSA) is 19.4 Å². The molecule has 3 aliphatic rings. The Kier molecular flexibility index (Phi) is 5.58. The van der Waals surface area contributed by atoms with Gasteiger partial charge in [-0.05, 0) is 54.2 Å². The van der Waals surface area contributed by atoms with Gasteiger partial charge in [-0.25, -0.2) is 0 Å². The highest BCUT2D eigenvalue weighted by atomic mass is 15.3. The van der Waals surface area contributed by atoms with E-state index in [2.05, 4.69) is 74.1 Å². The monoisotopic (exact) mass is 402 g/mol. The quantitative estimate of drug-likeness (QED) is 0.722. The second-order valence-electron chi connectivity index (χ2n) is 8.22. The summed E-state index contributed by atoms with van der Waals surface area (Å²) in [5.41, 5.74) is 8.16. The molecule has 0 aromatic heterocycles. The van der Waals surface area contributed by atoms with Crippen LogP contribution in [0.2, 0.25) is 0 Å². The van der Waals surface area contributed by atoms with Crippen molar-refractivity contribution in [3.8, 4) is 0 Å². The lowest BCUT2D eigenvalue weighted by atomic mass is 9.87. The van der Waals surface area contributed by atoms with Crippen molar-refractivity contribution in [3.63, 3.8) is 0 Å². The number of nitrogens with zero attached hydrogens (tertiary/aromatic N) is 6. The summed E-state index contributed by atoms with van der Waals surface area (Å²) in [6.07, 6.45) is 12.3. The summed E-state index contributed by atoms with van der Waals surface area (Å²) in [5, 5.41) is 0. The molecular formula is C24H30N6. The predicted molar refractivity (Wildman–Crippen MR) is 118 cm³/mol. The van der Waals surface area contributed by atoms with Crippen molar-refractivity contribution in [2.24, 2.45) is 0 Å². The van der Waals surface area contributed by atoms with Gasteiger partial charge in [-0.15, -0.1) is 0 Å². The third-order valence-corrected chi connectivity index (χ3v) is 5.97. The molecule has 30 heavy (non-hydrogen) atoms. The fourth-order valence-electron chi connectivity index (χ4n) is 4.23. The zero-order chi connectivity index (χ0) is 21.4. The van der Waals surface area contributed by atoms with Crippen molar-refractivity contribution >= 4 is 0 Å². The minimum Gasteiger partial charge on any atom is -0.349 e. The van der Waals surface area contributed by atoms with Gasteiger partial charge in [0.2, 0.25) is 20.0 Å². The zero-order valence-electron chi connectivity index (χ0n) is 18.8. The van der Waals surface area contributed by atoms with E-state index in [0.717, 1.165) is 19.6 Å². The fourth-order valence-corrected chi connectivity index (χ4v) is 4.23. The Morgan fingerprint density at radius 3 is 0.967 bits per heavy atom. The van der Waals surface area contributed by atoms with E-state index in [-0.39, 0.29) is 0 Å². The van der Waals surface area contributed by atoms with Crippen LogP contribution in [0.4, 0.5) is 0 Å². The average Bonchev–Trinajstić information content (AvgIpc) is 3.42.